The van der Waals surface area contributed by atoms with Gasteiger partial charge in [-0.3, -0.25) is 10.1 Å². The first-order valence-corrected chi connectivity index (χ1v) is 11.2. The summed E-state index contributed by atoms with van der Waals surface area (Å²) in [5.41, 5.74) is 0.270. The molecule has 11 heteroatoms. The number of aryl methyl sites for hydroxylation is 1. The van der Waals surface area contributed by atoms with Crippen LogP contribution in [0.2, 0.25) is 0 Å². The standard InChI is InChI=1S/C18H24N6O4S/c1-21-13-19-20-18(21)14-5-4-8-22(12-14)16-7-6-15(11-17(16)24(25)26)29(27,28)23-9-2-3-10-23/h6-7,11,13-14H,2-5,8-10,12H2,1H3/t14-/m1/s1. The molecule has 2 fully saturated rings. The van der Waals surface area contributed by atoms with Crippen molar-refractivity contribution in [3.05, 3.63) is 40.5 Å². The van der Waals surface area contributed by atoms with Crippen molar-refractivity contribution in [2.75, 3.05) is 31.1 Å². The average molecular weight is 420 g/mol. The molecule has 1 atom stereocenters. The summed E-state index contributed by atoms with van der Waals surface area (Å²) in [5, 5.41) is 19.9. The fourth-order valence-electron chi connectivity index (χ4n) is 4.22. The van der Waals surface area contributed by atoms with Crippen LogP contribution in [0.3, 0.4) is 0 Å². The molecule has 1 aromatic carbocycles. The van der Waals surface area contributed by atoms with Gasteiger partial charge in [0.1, 0.15) is 17.8 Å². The van der Waals surface area contributed by atoms with Crippen LogP contribution in [0.15, 0.2) is 29.4 Å². The van der Waals surface area contributed by atoms with E-state index in [4.69, 9.17) is 0 Å². The largest absolute Gasteiger partial charge is 0.365 e. The molecular formula is C18H24N6O4S. The highest BCUT2D eigenvalue weighted by atomic mass is 32.2. The number of hydrogen-bond donors (Lipinski definition) is 0. The first-order valence-electron chi connectivity index (χ1n) is 9.75. The lowest BCUT2D eigenvalue weighted by Gasteiger charge is -2.33. The number of anilines is 1. The first kappa shape index (κ1) is 19.8. The van der Waals surface area contributed by atoms with Crippen LogP contribution in [-0.4, -0.2) is 58.6 Å². The summed E-state index contributed by atoms with van der Waals surface area (Å²) < 4.78 is 28.9. The minimum absolute atomic E-state index is 0.0169. The van der Waals surface area contributed by atoms with E-state index in [1.54, 1.807) is 12.4 Å². The molecule has 1 aromatic heterocycles. The Kier molecular flexibility index (Phi) is 5.26. The predicted octanol–water partition coefficient (Wildman–Crippen LogP) is 1.89. The zero-order valence-corrected chi connectivity index (χ0v) is 17.1. The average Bonchev–Trinajstić information content (AvgIpc) is 3.40. The van der Waals surface area contributed by atoms with Gasteiger partial charge in [0.15, 0.2) is 0 Å². The second-order valence-corrected chi connectivity index (χ2v) is 9.54. The highest BCUT2D eigenvalue weighted by Gasteiger charge is 2.32. The monoisotopic (exact) mass is 420 g/mol. The third kappa shape index (κ3) is 3.71. The molecular weight excluding hydrogens is 396 g/mol. The fourth-order valence-corrected chi connectivity index (χ4v) is 5.76. The summed E-state index contributed by atoms with van der Waals surface area (Å²) in [4.78, 5) is 13.2. The maximum Gasteiger partial charge on any atom is 0.293 e. The van der Waals surface area contributed by atoms with Crippen LogP contribution < -0.4 is 4.90 Å². The van der Waals surface area contributed by atoms with E-state index in [9.17, 15) is 18.5 Å². The van der Waals surface area contributed by atoms with Gasteiger partial charge >= 0.3 is 0 Å². The predicted molar refractivity (Wildman–Crippen MR) is 106 cm³/mol. The lowest BCUT2D eigenvalue weighted by atomic mass is 9.96. The maximum atomic E-state index is 12.8. The van der Waals surface area contributed by atoms with E-state index >= 15 is 0 Å². The molecule has 2 aliphatic heterocycles. The van der Waals surface area contributed by atoms with Gasteiger partial charge in [-0.15, -0.1) is 10.2 Å². The minimum Gasteiger partial charge on any atom is -0.365 e. The Morgan fingerprint density at radius 3 is 2.59 bits per heavy atom. The molecule has 2 saturated heterocycles. The zero-order valence-electron chi connectivity index (χ0n) is 16.3. The van der Waals surface area contributed by atoms with Gasteiger partial charge in [-0.2, -0.15) is 4.31 Å². The third-order valence-electron chi connectivity index (χ3n) is 5.72. The second kappa shape index (κ2) is 7.71. The summed E-state index contributed by atoms with van der Waals surface area (Å²) in [5.74, 6) is 0.967. The summed E-state index contributed by atoms with van der Waals surface area (Å²) in [6, 6.07) is 4.26. The number of piperidine rings is 1. The van der Waals surface area contributed by atoms with Crippen LogP contribution in [0.4, 0.5) is 11.4 Å². The van der Waals surface area contributed by atoms with Crippen LogP contribution >= 0.6 is 0 Å². The number of nitro groups is 1. The van der Waals surface area contributed by atoms with Gasteiger partial charge in [0.05, 0.1) is 9.82 Å². The summed E-state index contributed by atoms with van der Waals surface area (Å²) in [6.45, 7) is 2.17. The normalized spacial score (nSPS) is 20.9. The molecule has 0 unspecified atom stereocenters. The van der Waals surface area contributed by atoms with Gasteiger partial charge in [-0.05, 0) is 37.8 Å². The molecule has 0 amide bonds. The smallest absolute Gasteiger partial charge is 0.293 e. The van der Waals surface area contributed by atoms with E-state index in [2.05, 4.69) is 10.2 Å². The SMILES string of the molecule is Cn1cnnc1[C@@H]1CCCN(c2ccc(S(=O)(=O)N3CCCC3)cc2[N+](=O)[O-])C1. The van der Waals surface area contributed by atoms with Crippen LogP contribution in [0.1, 0.15) is 37.4 Å². The number of sulfonamides is 1. The molecule has 0 radical (unpaired) electrons. The molecule has 0 N–H and O–H groups in total. The van der Waals surface area contributed by atoms with Crippen molar-refractivity contribution in [1.82, 2.24) is 19.1 Å². The Hall–Kier alpha value is -2.53. The lowest BCUT2D eigenvalue weighted by Crippen LogP contribution is -2.35. The molecule has 0 aliphatic carbocycles. The number of nitro benzene ring substituents is 1. The van der Waals surface area contributed by atoms with Crippen LogP contribution in [-0.2, 0) is 17.1 Å². The first-order chi connectivity index (χ1) is 13.9. The summed E-state index contributed by atoms with van der Waals surface area (Å²) in [7, 11) is -1.82. The van der Waals surface area contributed by atoms with E-state index in [1.165, 1.54) is 16.4 Å². The second-order valence-electron chi connectivity index (χ2n) is 7.60. The Labute approximate surface area is 169 Å². The van der Waals surface area contributed by atoms with Gasteiger partial charge in [0, 0.05) is 45.2 Å². The van der Waals surface area contributed by atoms with Crippen molar-refractivity contribution >= 4 is 21.4 Å². The highest BCUT2D eigenvalue weighted by Crippen LogP contribution is 2.36. The molecule has 4 rings (SSSR count). The fraction of sp³-hybridized carbons (Fsp3) is 0.556. The molecule has 0 spiro atoms. The molecule has 0 bridgehead atoms. The van der Waals surface area contributed by atoms with Gasteiger partial charge < -0.3 is 9.47 Å². The molecule has 2 aromatic rings. The Morgan fingerprint density at radius 1 is 1.17 bits per heavy atom. The van der Waals surface area contributed by atoms with E-state index in [1.807, 2.05) is 16.5 Å². The molecule has 3 heterocycles. The van der Waals surface area contributed by atoms with Crippen molar-refractivity contribution < 1.29 is 13.3 Å². The number of benzene rings is 1. The minimum atomic E-state index is -3.71. The van der Waals surface area contributed by atoms with Crippen molar-refractivity contribution in [2.45, 2.75) is 36.5 Å². The summed E-state index contributed by atoms with van der Waals surface area (Å²) in [6.07, 6.45) is 5.07. The van der Waals surface area contributed by atoms with E-state index < -0.39 is 14.9 Å². The number of aromatic nitrogens is 3. The molecule has 29 heavy (non-hydrogen) atoms. The molecule has 2 aliphatic rings. The summed E-state index contributed by atoms with van der Waals surface area (Å²) >= 11 is 0. The molecule has 10 nitrogen and oxygen atoms in total. The van der Waals surface area contributed by atoms with Crippen molar-refractivity contribution in [2.24, 2.45) is 7.05 Å². The maximum absolute atomic E-state index is 12.8. The Morgan fingerprint density at radius 2 is 1.93 bits per heavy atom. The van der Waals surface area contributed by atoms with Crippen molar-refractivity contribution in [3.8, 4) is 0 Å². The highest BCUT2D eigenvalue weighted by molar-refractivity contribution is 7.89. The third-order valence-corrected chi connectivity index (χ3v) is 7.61. The van der Waals surface area contributed by atoms with Crippen LogP contribution in [0, 0.1) is 10.1 Å². The quantitative estimate of drug-likeness (QED) is 0.536. The van der Waals surface area contributed by atoms with E-state index in [0.29, 0.717) is 31.9 Å². The molecule has 0 saturated carbocycles. The lowest BCUT2D eigenvalue weighted by molar-refractivity contribution is -0.384. The van der Waals surface area contributed by atoms with E-state index in [-0.39, 0.29) is 16.5 Å². The van der Waals surface area contributed by atoms with Crippen LogP contribution in [0.5, 0.6) is 0 Å². The topological polar surface area (TPSA) is 114 Å². The zero-order chi connectivity index (χ0) is 20.6. The number of nitrogens with zero attached hydrogens (tertiary/aromatic N) is 6. The number of hydrogen-bond acceptors (Lipinski definition) is 7. The Balaban J connectivity index is 1.65. The van der Waals surface area contributed by atoms with Gasteiger partial charge in [0.25, 0.3) is 5.69 Å². The van der Waals surface area contributed by atoms with Gasteiger partial charge in [0.2, 0.25) is 10.0 Å². The van der Waals surface area contributed by atoms with Crippen molar-refractivity contribution in [1.29, 1.82) is 0 Å². The van der Waals surface area contributed by atoms with Gasteiger partial charge in [-0.1, -0.05) is 0 Å². The van der Waals surface area contributed by atoms with Gasteiger partial charge in [-0.25, -0.2) is 8.42 Å². The Bertz CT molecular complexity index is 1020. The van der Waals surface area contributed by atoms with Crippen molar-refractivity contribution in [3.63, 3.8) is 0 Å². The van der Waals surface area contributed by atoms with E-state index in [0.717, 1.165) is 31.5 Å². The van der Waals surface area contributed by atoms with Crippen LogP contribution in [0.25, 0.3) is 0 Å². The molecule has 156 valence electrons. The number of rotatable bonds is 5.